The van der Waals surface area contributed by atoms with Crippen molar-refractivity contribution in [2.75, 3.05) is 13.1 Å². The number of halogens is 3. The molecule has 0 aliphatic carbocycles. The van der Waals surface area contributed by atoms with Crippen molar-refractivity contribution in [1.82, 2.24) is 15.1 Å². The van der Waals surface area contributed by atoms with Gasteiger partial charge in [-0.2, -0.15) is 18.3 Å². The van der Waals surface area contributed by atoms with Crippen LogP contribution in [0, 0.1) is 0 Å². The van der Waals surface area contributed by atoms with E-state index in [0.29, 0.717) is 19.5 Å². The maximum Gasteiger partial charge on any atom is 0.401 e. The lowest BCUT2D eigenvalue weighted by Gasteiger charge is -2.27. The predicted octanol–water partition coefficient (Wildman–Crippen LogP) is 1.89. The van der Waals surface area contributed by atoms with Gasteiger partial charge in [-0.3, -0.25) is 10.00 Å². The lowest BCUT2D eigenvalue weighted by Crippen LogP contribution is -2.38. The maximum absolute atomic E-state index is 12.3. The number of aromatic nitrogens is 2. The van der Waals surface area contributed by atoms with Gasteiger partial charge in [-0.15, -0.1) is 0 Å². The van der Waals surface area contributed by atoms with Crippen LogP contribution in [0.4, 0.5) is 13.2 Å². The molecule has 1 aromatic rings. The lowest BCUT2D eigenvalue weighted by molar-refractivity contribution is -0.147. The van der Waals surface area contributed by atoms with Crippen molar-refractivity contribution >= 4 is 0 Å². The molecule has 0 atom stereocenters. The Morgan fingerprint density at radius 3 is 2.81 bits per heavy atom. The van der Waals surface area contributed by atoms with Crippen molar-refractivity contribution in [2.24, 2.45) is 0 Å². The van der Waals surface area contributed by atoms with Gasteiger partial charge in [0.1, 0.15) is 0 Å². The van der Waals surface area contributed by atoms with Gasteiger partial charge in [-0.05, 0) is 6.42 Å². The van der Waals surface area contributed by atoms with Gasteiger partial charge in [-0.1, -0.05) is 6.92 Å². The molecule has 1 aromatic heterocycles. The Hall–Kier alpha value is -1.04. The molecule has 2 rings (SSSR count). The molecule has 1 aliphatic heterocycles. The molecule has 0 fully saturated rings. The fourth-order valence-corrected chi connectivity index (χ4v) is 2.09. The van der Waals surface area contributed by atoms with Crippen molar-refractivity contribution in [3.63, 3.8) is 0 Å². The molecule has 0 radical (unpaired) electrons. The first-order valence-electron chi connectivity index (χ1n) is 5.33. The van der Waals surface area contributed by atoms with Crippen LogP contribution in [0.2, 0.25) is 0 Å². The normalized spacial score (nSPS) is 17.5. The minimum atomic E-state index is -4.12. The zero-order chi connectivity index (χ0) is 11.8. The van der Waals surface area contributed by atoms with Crippen LogP contribution in [0.3, 0.4) is 0 Å². The number of aromatic amines is 1. The largest absolute Gasteiger partial charge is 0.401 e. The van der Waals surface area contributed by atoms with Crippen molar-refractivity contribution in [2.45, 2.75) is 32.5 Å². The minimum absolute atomic E-state index is 0.356. The highest BCUT2D eigenvalue weighted by Crippen LogP contribution is 2.24. The van der Waals surface area contributed by atoms with Crippen LogP contribution < -0.4 is 0 Å². The quantitative estimate of drug-likeness (QED) is 0.846. The lowest BCUT2D eigenvalue weighted by atomic mass is 10.0. The van der Waals surface area contributed by atoms with Crippen molar-refractivity contribution in [1.29, 1.82) is 0 Å². The van der Waals surface area contributed by atoms with Crippen LogP contribution in [-0.2, 0) is 19.4 Å². The smallest absolute Gasteiger partial charge is 0.290 e. The molecule has 0 bridgehead atoms. The molecule has 1 aliphatic rings. The Kier molecular flexibility index (Phi) is 2.92. The Labute approximate surface area is 91.6 Å². The topological polar surface area (TPSA) is 31.9 Å². The zero-order valence-electron chi connectivity index (χ0n) is 9.06. The van der Waals surface area contributed by atoms with Gasteiger partial charge in [0, 0.05) is 30.8 Å². The SMILES string of the molecule is CCc1n[nH]c2c1CN(CC(F)(F)F)CC2. The molecule has 3 nitrogen and oxygen atoms in total. The summed E-state index contributed by atoms with van der Waals surface area (Å²) in [7, 11) is 0. The highest BCUT2D eigenvalue weighted by Gasteiger charge is 2.33. The number of aryl methyl sites for hydroxylation is 1. The molecular weight excluding hydrogens is 219 g/mol. The second-order valence-electron chi connectivity index (χ2n) is 4.06. The molecule has 0 unspecified atom stereocenters. The average molecular weight is 233 g/mol. The fraction of sp³-hybridized carbons (Fsp3) is 0.700. The average Bonchev–Trinajstić information content (AvgIpc) is 2.57. The second kappa shape index (κ2) is 4.08. The summed E-state index contributed by atoms with van der Waals surface area (Å²) in [5.41, 5.74) is 2.84. The van der Waals surface area contributed by atoms with E-state index < -0.39 is 12.7 Å². The first-order valence-corrected chi connectivity index (χ1v) is 5.33. The van der Waals surface area contributed by atoms with E-state index in [2.05, 4.69) is 10.2 Å². The van der Waals surface area contributed by atoms with Crippen molar-refractivity contribution in [3.05, 3.63) is 17.0 Å². The predicted molar refractivity (Wildman–Crippen MR) is 53.0 cm³/mol. The number of hydrogen-bond donors (Lipinski definition) is 1. The summed E-state index contributed by atoms with van der Waals surface area (Å²) in [6.07, 6.45) is -2.74. The molecule has 0 aromatic carbocycles. The summed E-state index contributed by atoms with van der Waals surface area (Å²) in [4.78, 5) is 1.43. The maximum atomic E-state index is 12.3. The van der Waals surface area contributed by atoms with Crippen LogP contribution in [0.15, 0.2) is 0 Å². The van der Waals surface area contributed by atoms with Crippen LogP contribution >= 0.6 is 0 Å². The number of fused-ring (bicyclic) bond motifs is 1. The van der Waals surface area contributed by atoms with Gasteiger partial charge in [-0.25, -0.2) is 0 Å². The van der Waals surface area contributed by atoms with E-state index in [-0.39, 0.29) is 0 Å². The molecule has 0 saturated carbocycles. The van der Waals surface area contributed by atoms with E-state index in [0.717, 1.165) is 23.4 Å². The summed E-state index contributed by atoms with van der Waals surface area (Å²) in [6, 6.07) is 0. The van der Waals surface area contributed by atoms with E-state index >= 15 is 0 Å². The van der Waals surface area contributed by atoms with Gasteiger partial charge < -0.3 is 0 Å². The van der Waals surface area contributed by atoms with E-state index in [1.165, 1.54) is 4.90 Å². The van der Waals surface area contributed by atoms with E-state index in [4.69, 9.17) is 0 Å². The summed E-state index contributed by atoms with van der Waals surface area (Å²) in [6.45, 7) is 1.92. The monoisotopic (exact) mass is 233 g/mol. The van der Waals surface area contributed by atoms with E-state index in [1.807, 2.05) is 6.92 Å². The Morgan fingerprint density at radius 1 is 1.44 bits per heavy atom. The summed E-state index contributed by atoms with van der Waals surface area (Å²) in [5, 5.41) is 7.02. The van der Waals surface area contributed by atoms with Crippen LogP contribution in [0.25, 0.3) is 0 Å². The number of H-pyrrole nitrogens is 1. The minimum Gasteiger partial charge on any atom is -0.290 e. The highest BCUT2D eigenvalue weighted by atomic mass is 19.4. The van der Waals surface area contributed by atoms with Gasteiger partial charge in [0.15, 0.2) is 0 Å². The first-order chi connectivity index (χ1) is 7.49. The number of nitrogens with zero attached hydrogens (tertiary/aromatic N) is 2. The van der Waals surface area contributed by atoms with E-state index in [9.17, 15) is 13.2 Å². The highest BCUT2D eigenvalue weighted by molar-refractivity contribution is 5.27. The van der Waals surface area contributed by atoms with Crippen LogP contribution in [0.1, 0.15) is 23.9 Å². The molecule has 90 valence electrons. The molecular formula is C10H14F3N3. The van der Waals surface area contributed by atoms with Gasteiger partial charge >= 0.3 is 6.18 Å². The number of nitrogens with one attached hydrogen (secondary N) is 1. The number of hydrogen-bond acceptors (Lipinski definition) is 2. The fourth-order valence-electron chi connectivity index (χ4n) is 2.09. The van der Waals surface area contributed by atoms with Gasteiger partial charge in [0.2, 0.25) is 0 Å². The van der Waals surface area contributed by atoms with Crippen molar-refractivity contribution in [3.8, 4) is 0 Å². The summed E-state index contributed by atoms with van der Waals surface area (Å²) < 4.78 is 36.8. The van der Waals surface area contributed by atoms with Crippen LogP contribution in [-0.4, -0.2) is 34.4 Å². The number of alkyl halides is 3. The third-order valence-corrected chi connectivity index (χ3v) is 2.84. The molecule has 0 saturated heterocycles. The molecule has 2 heterocycles. The van der Waals surface area contributed by atoms with Gasteiger partial charge in [0.25, 0.3) is 0 Å². The Bertz CT molecular complexity index is 356. The van der Waals surface area contributed by atoms with Gasteiger partial charge in [0.05, 0.1) is 12.2 Å². The molecule has 6 heteroatoms. The third kappa shape index (κ3) is 2.37. The van der Waals surface area contributed by atoms with Crippen LogP contribution in [0.5, 0.6) is 0 Å². The van der Waals surface area contributed by atoms with Crippen molar-refractivity contribution < 1.29 is 13.2 Å². The zero-order valence-corrected chi connectivity index (χ0v) is 9.06. The molecule has 0 amide bonds. The Morgan fingerprint density at radius 2 is 2.19 bits per heavy atom. The third-order valence-electron chi connectivity index (χ3n) is 2.84. The molecule has 16 heavy (non-hydrogen) atoms. The second-order valence-corrected chi connectivity index (χ2v) is 4.06. The summed E-state index contributed by atoms with van der Waals surface area (Å²) in [5.74, 6) is 0. The standard InChI is InChI=1S/C10H14F3N3/c1-2-8-7-5-16(6-10(11,12)13)4-3-9(7)15-14-8/h2-6H2,1H3,(H,14,15). The molecule has 0 spiro atoms. The number of rotatable bonds is 2. The Balaban J connectivity index is 2.10. The molecule has 1 N–H and O–H groups in total. The first kappa shape index (κ1) is 11.4. The summed E-state index contributed by atoms with van der Waals surface area (Å²) >= 11 is 0. The van der Waals surface area contributed by atoms with E-state index in [1.54, 1.807) is 0 Å².